The van der Waals surface area contributed by atoms with E-state index in [-0.39, 0.29) is 12.4 Å². The van der Waals surface area contributed by atoms with Crippen molar-refractivity contribution in [2.75, 3.05) is 6.61 Å². The Kier molecular flexibility index (Phi) is 5.42. The fourth-order valence-corrected chi connectivity index (χ4v) is 3.17. The predicted octanol–water partition coefficient (Wildman–Crippen LogP) is 4.53. The molecule has 138 valence electrons. The zero-order chi connectivity index (χ0) is 19.6. The van der Waals surface area contributed by atoms with Crippen molar-refractivity contribution in [3.8, 4) is 0 Å². The van der Waals surface area contributed by atoms with Gasteiger partial charge in [0.05, 0.1) is 11.1 Å². The minimum atomic E-state index is -0.555. The van der Waals surface area contributed by atoms with Crippen LogP contribution in [0.2, 0.25) is 5.15 Å². The number of carbonyl (C=O) groups is 2. The van der Waals surface area contributed by atoms with Crippen molar-refractivity contribution in [1.29, 1.82) is 0 Å². The second kappa shape index (κ2) is 7.76. The van der Waals surface area contributed by atoms with Gasteiger partial charge in [0.25, 0.3) is 0 Å². The smallest absolute Gasteiger partial charge is 0.338 e. The van der Waals surface area contributed by atoms with E-state index in [0.717, 1.165) is 16.8 Å². The van der Waals surface area contributed by atoms with Crippen molar-refractivity contribution < 1.29 is 14.3 Å². The molecular formula is C21H19ClN2O3. The maximum atomic E-state index is 12.5. The molecule has 0 amide bonds. The molecule has 2 aromatic heterocycles. The molecule has 3 aromatic rings. The summed E-state index contributed by atoms with van der Waals surface area (Å²) in [5, 5.41) is 1.16. The predicted molar refractivity (Wildman–Crippen MR) is 105 cm³/mol. The number of hydrogen-bond acceptors (Lipinski definition) is 4. The average molecular weight is 383 g/mol. The molecule has 1 aromatic carbocycles. The lowest BCUT2D eigenvalue weighted by atomic mass is 10.1. The second-order valence-electron chi connectivity index (χ2n) is 6.22. The van der Waals surface area contributed by atoms with Gasteiger partial charge in [0, 0.05) is 28.9 Å². The molecule has 0 saturated carbocycles. The lowest BCUT2D eigenvalue weighted by Crippen LogP contribution is -2.15. The van der Waals surface area contributed by atoms with Crippen LogP contribution in [0.3, 0.4) is 0 Å². The normalized spacial score (nSPS) is 10.8. The maximum absolute atomic E-state index is 12.5. The monoisotopic (exact) mass is 382 g/mol. The zero-order valence-electron chi connectivity index (χ0n) is 15.2. The van der Waals surface area contributed by atoms with E-state index in [1.807, 2.05) is 18.4 Å². The van der Waals surface area contributed by atoms with Crippen LogP contribution in [0.5, 0.6) is 0 Å². The molecule has 5 nitrogen and oxygen atoms in total. The van der Waals surface area contributed by atoms with Gasteiger partial charge in [-0.2, -0.15) is 0 Å². The Bertz CT molecular complexity index is 1050. The van der Waals surface area contributed by atoms with Crippen molar-refractivity contribution >= 4 is 34.3 Å². The van der Waals surface area contributed by atoms with E-state index in [4.69, 9.17) is 16.3 Å². The van der Waals surface area contributed by atoms with E-state index in [1.54, 1.807) is 42.5 Å². The van der Waals surface area contributed by atoms with E-state index in [9.17, 15) is 9.59 Å². The lowest BCUT2D eigenvalue weighted by Gasteiger charge is -2.07. The summed E-state index contributed by atoms with van der Waals surface area (Å²) in [7, 11) is 0. The Morgan fingerprint density at radius 1 is 1.22 bits per heavy atom. The summed E-state index contributed by atoms with van der Waals surface area (Å²) in [6.45, 7) is 7.83. The number of rotatable bonds is 6. The molecule has 0 spiro atoms. The van der Waals surface area contributed by atoms with Crippen molar-refractivity contribution in [2.24, 2.45) is 0 Å². The number of pyridine rings is 1. The van der Waals surface area contributed by atoms with E-state index < -0.39 is 5.97 Å². The third-order valence-corrected chi connectivity index (χ3v) is 4.62. The van der Waals surface area contributed by atoms with Crippen LogP contribution < -0.4 is 0 Å². The first-order chi connectivity index (χ1) is 12.9. The summed E-state index contributed by atoms with van der Waals surface area (Å²) in [6.07, 6.45) is 1.77. The Labute approximate surface area is 162 Å². The van der Waals surface area contributed by atoms with Crippen LogP contribution in [0.25, 0.3) is 10.9 Å². The zero-order valence-corrected chi connectivity index (χ0v) is 15.9. The Morgan fingerprint density at radius 3 is 2.74 bits per heavy atom. The number of hydrogen-bond donors (Lipinski definition) is 0. The average Bonchev–Trinajstić information content (AvgIpc) is 2.94. The van der Waals surface area contributed by atoms with E-state index in [1.165, 1.54) is 0 Å². The van der Waals surface area contributed by atoms with Crippen molar-refractivity contribution in [3.05, 3.63) is 76.7 Å². The van der Waals surface area contributed by atoms with E-state index in [2.05, 4.69) is 11.6 Å². The first kappa shape index (κ1) is 18.9. The molecule has 0 saturated heterocycles. The molecule has 0 N–H and O–H groups in total. The molecule has 0 aliphatic rings. The highest BCUT2D eigenvalue weighted by molar-refractivity contribution is 6.29. The molecule has 6 heteroatoms. The van der Waals surface area contributed by atoms with Gasteiger partial charge in [0.2, 0.25) is 5.78 Å². The topological polar surface area (TPSA) is 61.2 Å². The number of halogens is 1. The number of Topliss-reactive ketones (excluding diaryl/α,β-unsaturated/α-hetero) is 1. The second-order valence-corrected chi connectivity index (χ2v) is 6.61. The summed E-state index contributed by atoms with van der Waals surface area (Å²) in [5.41, 5.74) is 3.39. The van der Waals surface area contributed by atoms with Crippen LogP contribution in [0.1, 0.15) is 32.1 Å². The third kappa shape index (κ3) is 3.93. The van der Waals surface area contributed by atoms with E-state index in [0.29, 0.717) is 28.3 Å². The molecule has 0 fully saturated rings. The van der Waals surface area contributed by atoms with Crippen LogP contribution in [-0.4, -0.2) is 27.9 Å². The van der Waals surface area contributed by atoms with Gasteiger partial charge in [0.15, 0.2) is 6.61 Å². The molecule has 0 bridgehead atoms. The fraction of sp³-hybridized carbons (Fsp3) is 0.190. The van der Waals surface area contributed by atoms with Crippen LogP contribution >= 0.6 is 11.6 Å². The number of carbonyl (C=O) groups excluding carboxylic acids is 2. The summed E-state index contributed by atoms with van der Waals surface area (Å²) >= 11 is 5.86. The number of esters is 1. The largest absolute Gasteiger partial charge is 0.454 e. The Morgan fingerprint density at radius 2 is 2.00 bits per heavy atom. The molecule has 0 radical (unpaired) electrons. The summed E-state index contributed by atoms with van der Waals surface area (Å²) < 4.78 is 7.21. The summed E-state index contributed by atoms with van der Waals surface area (Å²) in [4.78, 5) is 29.0. The fourth-order valence-electron chi connectivity index (χ4n) is 3.01. The SMILES string of the molecule is C=CCn1c(C)cc(C(=O)COC(=O)c2ccc3nc(Cl)ccc3c2)c1C. The highest BCUT2D eigenvalue weighted by Crippen LogP contribution is 2.19. The minimum absolute atomic E-state index is 0.235. The van der Waals surface area contributed by atoms with E-state index >= 15 is 0 Å². The number of nitrogens with zero attached hydrogens (tertiary/aromatic N) is 2. The van der Waals surface area contributed by atoms with Gasteiger partial charge >= 0.3 is 5.97 Å². The van der Waals surface area contributed by atoms with Crippen LogP contribution in [-0.2, 0) is 11.3 Å². The first-order valence-electron chi connectivity index (χ1n) is 8.45. The summed E-state index contributed by atoms with van der Waals surface area (Å²) in [6, 6.07) is 10.2. The van der Waals surface area contributed by atoms with Gasteiger partial charge in [-0.05, 0) is 50.2 Å². The number of benzene rings is 1. The summed E-state index contributed by atoms with van der Waals surface area (Å²) in [5.74, 6) is -0.791. The van der Waals surface area contributed by atoms with Gasteiger partial charge < -0.3 is 9.30 Å². The van der Waals surface area contributed by atoms with Crippen molar-refractivity contribution in [3.63, 3.8) is 0 Å². The van der Waals surface area contributed by atoms with Gasteiger partial charge in [-0.3, -0.25) is 4.79 Å². The van der Waals surface area contributed by atoms with Gasteiger partial charge in [-0.15, -0.1) is 6.58 Å². The lowest BCUT2D eigenvalue weighted by molar-refractivity contribution is 0.0474. The minimum Gasteiger partial charge on any atom is -0.454 e. The quantitative estimate of drug-likeness (QED) is 0.272. The van der Waals surface area contributed by atoms with Gasteiger partial charge in [-0.25, -0.2) is 9.78 Å². The molecule has 2 heterocycles. The van der Waals surface area contributed by atoms with Gasteiger partial charge in [0.1, 0.15) is 5.15 Å². The number of allylic oxidation sites excluding steroid dienone is 1. The van der Waals surface area contributed by atoms with Crippen LogP contribution in [0, 0.1) is 13.8 Å². The molecule has 0 unspecified atom stereocenters. The Hall–Kier alpha value is -2.92. The molecule has 0 aliphatic carbocycles. The number of aryl methyl sites for hydroxylation is 1. The molecular weight excluding hydrogens is 364 g/mol. The van der Waals surface area contributed by atoms with Crippen molar-refractivity contribution in [1.82, 2.24) is 9.55 Å². The Balaban J connectivity index is 1.72. The highest BCUT2D eigenvalue weighted by atomic mass is 35.5. The highest BCUT2D eigenvalue weighted by Gasteiger charge is 2.17. The number of fused-ring (bicyclic) bond motifs is 1. The van der Waals surface area contributed by atoms with Crippen molar-refractivity contribution in [2.45, 2.75) is 20.4 Å². The molecule has 0 atom stereocenters. The number of ketones is 1. The molecule has 27 heavy (non-hydrogen) atoms. The standard InChI is InChI=1S/C21H19ClN2O3/c1-4-9-24-13(2)10-17(14(24)3)19(25)12-27-21(26)16-5-7-18-15(11-16)6-8-20(22)23-18/h4-8,10-11H,1,9,12H2,2-3H3. The maximum Gasteiger partial charge on any atom is 0.338 e. The molecule has 3 rings (SSSR count). The number of ether oxygens (including phenoxy) is 1. The van der Waals surface area contributed by atoms with Crippen LogP contribution in [0.15, 0.2) is 49.1 Å². The van der Waals surface area contributed by atoms with Gasteiger partial charge in [-0.1, -0.05) is 17.7 Å². The number of aromatic nitrogens is 2. The third-order valence-electron chi connectivity index (χ3n) is 4.41. The molecule has 0 aliphatic heterocycles. The van der Waals surface area contributed by atoms with Crippen LogP contribution in [0.4, 0.5) is 0 Å². The first-order valence-corrected chi connectivity index (χ1v) is 8.82.